The van der Waals surface area contributed by atoms with Crippen LogP contribution in [0.4, 0.5) is 35.1 Å². The van der Waals surface area contributed by atoms with Gasteiger partial charge in [-0.1, -0.05) is 0 Å². The van der Waals surface area contributed by atoms with Crippen LogP contribution < -0.4 is 0 Å². The molecule has 2 bridgehead atoms. The van der Waals surface area contributed by atoms with Crippen molar-refractivity contribution in [2.24, 2.45) is 0 Å². The fourth-order valence-corrected chi connectivity index (χ4v) is 2.48. The summed E-state index contributed by atoms with van der Waals surface area (Å²) in [5, 5.41) is 18.1. The zero-order valence-corrected chi connectivity index (χ0v) is 8.64. The molecule has 0 radical (unpaired) electrons. The number of alkyl halides is 8. The Hall–Kier alpha value is -0.680. The first-order valence-electron chi connectivity index (χ1n) is 4.83. The van der Waals surface area contributed by atoms with E-state index < -0.39 is 48.1 Å². The van der Waals surface area contributed by atoms with Gasteiger partial charge < -0.3 is 14.9 Å². The van der Waals surface area contributed by atoms with E-state index in [0.717, 1.165) is 0 Å². The average molecular weight is 302 g/mol. The minimum Gasteiger partial charge on any atom is -0.387 e. The number of halogens is 8. The Morgan fingerprint density at radius 1 is 0.737 bits per heavy atom. The minimum absolute atomic E-state index is 2.61. The molecule has 11 heteroatoms. The van der Waals surface area contributed by atoms with Crippen molar-refractivity contribution in [2.45, 2.75) is 48.1 Å². The molecule has 0 aromatic rings. The second kappa shape index (κ2) is 3.50. The van der Waals surface area contributed by atoms with Gasteiger partial charge in [-0.2, -0.15) is 26.3 Å². The predicted octanol–water partition coefficient (Wildman–Crippen LogP) is 1.03. The number of ether oxygens (including phenoxy) is 1. The SMILES string of the molecule is OC1C(O)C2OC1C(F)(C(F)(F)F)C2(F)C(F)(F)F. The van der Waals surface area contributed by atoms with Gasteiger partial charge >= 0.3 is 12.4 Å². The second-order valence-corrected chi connectivity index (χ2v) is 4.38. The Labute approximate surface area is 99.3 Å². The highest BCUT2D eigenvalue weighted by molar-refractivity contribution is 5.29. The Morgan fingerprint density at radius 2 is 1.00 bits per heavy atom. The molecule has 6 unspecified atom stereocenters. The fraction of sp³-hybridized carbons (Fsp3) is 1.00. The Balaban J connectivity index is 2.64. The molecule has 0 aliphatic carbocycles. The summed E-state index contributed by atoms with van der Waals surface area (Å²) in [4.78, 5) is 0. The van der Waals surface area contributed by atoms with Crippen molar-refractivity contribution in [3.8, 4) is 0 Å². The molecule has 0 aromatic carbocycles. The van der Waals surface area contributed by atoms with E-state index in [1.807, 2.05) is 0 Å². The quantitative estimate of drug-likeness (QED) is 0.657. The molecule has 0 aromatic heterocycles. The van der Waals surface area contributed by atoms with E-state index in [-0.39, 0.29) is 0 Å². The van der Waals surface area contributed by atoms with Crippen molar-refractivity contribution < 1.29 is 50.1 Å². The molecule has 2 saturated heterocycles. The molecule has 0 spiro atoms. The lowest BCUT2D eigenvalue weighted by Gasteiger charge is -2.43. The number of rotatable bonds is 0. The van der Waals surface area contributed by atoms with E-state index in [9.17, 15) is 35.1 Å². The van der Waals surface area contributed by atoms with Crippen molar-refractivity contribution in [3.63, 3.8) is 0 Å². The summed E-state index contributed by atoms with van der Waals surface area (Å²) in [6.45, 7) is 0. The van der Waals surface area contributed by atoms with Crippen LogP contribution in [0.5, 0.6) is 0 Å². The monoisotopic (exact) mass is 302 g/mol. The van der Waals surface area contributed by atoms with E-state index in [0.29, 0.717) is 0 Å². The van der Waals surface area contributed by atoms with E-state index >= 15 is 0 Å². The summed E-state index contributed by atoms with van der Waals surface area (Å²) in [6.07, 6.45) is -24.1. The molecule has 2 fully saturated rings. The molecule has 6 atom stereocenters. The summed E-state index contributed by atoms with van der Waals surface area (Å²) >= 11 is 0. The highest BCUT2D eigenvalue weighted by atomic mass is 19.4. The molecule has 2 aliphatic rings. The maximum Gasteiger partial charge on any atom is 0.428 e. The van der Waals surface area contributed by atoms with Crippen LogP contribution in [0.1, 0.15) is 0 Å². The van der Waals surface area contributed by atoms with Crippen LogP contribution in [-0.4, -0.2) is 58.3 Å². The summed E-state index contributed by atoms with van der Waals surface area (Å²) in [6, 6.07) is 0. The molecule has 19 heavy (non-hydrogen) atoms. The zero-order valence-electron chi connectivity index (χ0n) is 8.64. The van der Waals surface area contributed by atoms with E-state index in [1.165, 1.54) is 0 Å². The largest absolute Gasteiger partial charge is 0.428 e. The molecular weight excluding hydrogens is 296 g/mol. The third-order valence-corrected chi connectivity index (χ3v) is 3.40. The van der Waals surface area contributed by atoms with Crippen LogP contribution in [0.3, 0.4) is 0 Å². The van der Waals surface area contributed by atoms with Gasteiger partial charge in [-0.25, -0.2) is 8.78 Å². The van der Waals surface area contributed by atoms with Crippen molar-refractivity contribution in [1.29, 1.82) is 0 Å². The van der Waals surface area contributed by atoms with Gasteiger partial charge in [0.25, 0.3) is 11.3 Å². The lowest BCUT2D eigenvalue weighted by molar-refractivity contribution is -0.354. The minimum atomic E-state index is -6.28. The van der Waals surface area contributed by atoms with Gasteiger partial charge in [0.1, 0.15) is 24.4 Å². The molecule has 2 heterocycles. The van der Waals surface area contributed by atoms with Gasteiger partial charge in [-0.15, -0.1) is 0 Å². The van der Waals surface area contributed by atoms with E-state index in [1.54, 1.807) is 0 Å². The van der Waals surface area contributed by atoms with Crippen molar-refractivity contribution in [3.05, 3.63) is 0 Å². The first-order chi connectivity index (χ1) is 8.30. The van der Waals surface area contributed by atoms with Gasteiger partial charge in [-0.3, -0.25) is 0 Å². The van der Waals surface area contributed by atoms with Crippen LogP contribution in [0.25, 0.3) is 0 Å². The van der Waals surface area contributed by atoms with Gasteiger partial charge in [0.05, 0.1) is 0 Å². The Bertz CT molecular complexity index is 358. The van der Waals surface area contributed by atoms with Crippen LogP contribution in [0, 0.1) is 0 Å². The average Bonchev–Trinajstić information content (AvgIpc) is 2.63. The Kier molecular flexibility index (Phi) is 2.71. The van der Waals surface area contributed by atoms with Crippen LogP contribution in [0.15, 0.2) is 0 Å². The maximum atomic E-state index is 13.9. The number of aliphatic hydroxyl groups excluding tert-OH is 2. The summed E-state index contributed by atoms with van der Waals surface area (Å²) in [7, 11) is 0. The second-order valence-electron chi connectivity index (χ2n) is 4.38. The number of hydrogen-bond acceptors (Lipinski definition) is 3. The van der Waals surface area contributed by atoms with Gasteiger partial charge in [-0.05, 0) is 0 Å². The van der Waals surface area contributed by atoms with E-state index in [2.05, 4.69) is 4.74 Å². The molecule has 0 amide bonds. The Morgan fingerprint density at radius 3 is 1.21 bits per heavy atom. The van der Waals surface area contributed by atoms with E-state index in [4.69, 9.17) is 10.2 Å². The maximum absolute atomic E-state index is 13.9. The van der Waals surface area contributed by atoms with Gasteiger partial charge in [0.2, 0.25) is 0 Å². The molecular formula is C8H6F8O3. The number of aliphatic hydroxyl groups is 2. The summed E-state index contributed by atoms with van der Waals surface area (Å²) < 4.78 is 107. The molecule has 112 valence electrons. The highest BCUT2D eigenvalue weighted by Crippen LogP contribution is 2.64. The molecule has 2 N–H and O–H groups in total. The molecule has 2 aliphatic heterocycles. The standard InChI is InChI=1S/C8H6F8O3/c9-5(7(11,12)13)3-1(17)2(18)4(19-3)6(5,10)8(14,15)16/h1-4,17-18H. The first-order valence-corrected chi connectivity index (χ1v) is 4.83. The summed E-state index contributed by atoms with van der Waals surface area (Å²) in [5.41, 5.74) is -11.0. The highest BCUT2D eigenvalue weighted by Gasteiger charge is 2.93. The topological polar surface area (TPSA) is 49.7 Å². The van der Waals surface area contributed by atoms with Crippen LogP contribution in [0.2, 0.25) is 0 Å². The molecule has 3 nitrogen and oxygen atoms in total. The van der Waals surface area contributed by atoms with Gasteiger partial charge in [0, 0.05) is 0 Å². The predicted molar refractivity (Wildman–Crippen MR) is 40.5 cm³/mol. The fourth-order valence-electron chi connectivity index (χ4n) is 2.48. The number of fused-ring (bicyclic) bond motifs is 2. The van der Waals surface area contributed by atoms with Crippen molar-refractivity contribution >= 4 is 0 Å². The smallest absolute Gasteiger partial charge is 0.387 e. The third-order valence-electron chi connectivity index (χ3n) is 3.40. The first kappa shape index (κ1) is 14.7. The van der Waals surface area contributed by atoms with Crippen LogP contribution >= 0.6 is 0 Å². The number of hydrogen-bond donors (Lipinski definition) is 2. The lowest BCUT2D eigenvalue weighted by Crippen LogP contribution is -2.75. The molecule has 2 rings (SSSR count). The lowest BCUT2D eigenvalue weighted by atomic mass is 9.70. The zero-order chi connectivity index (χ0) is 15.0. The normalized spacial score (nSPS) is 50.8. The third kappa shape index (κ3) is 1.38. The van der Waals surface area contributed by atoms with Crippen molar-refractivity contribution in [2.75, 3.05) is 0 Å². The molecule has 0 saturated carbocycles. The van der Waals surface area contributed by atoms with Gasteiger partial charge in [0.15, 0.2) is 0 Å². The summed E-state index contributed by atoms with van der Waals surface area (Å²) in [5.74, 6) is 0. The van der Waals surface area contributed by atoms with Crippen LogP contribution in [-0.2, 0) is 4.74 Å². The van der Waals surface area contributed by atoms with Crippen molar-refractivity contribution in [1.82, 2.24) is 0 Å².